The van der Waals surface area contributed by atoms with Crippen LogP contribution in [-0.4, -0.2) is 79.3 Å². The first kappa shape index (κ1) is 32.8. The zero-order valence-corrected chi connectivity index (χ0v) is 26.6. The third-order valence-corrected chi connectivity index (χ3v) is 8.43. The van der Waals surface area contributed by atoms with Gasteiger partial charge >= 0.3 is 0 Å². The number of nitrogens with one attached hydrogen (secondary N) is 1. The van der Waals surface area contributed by atoms with Crippen molar-refractivity contribution in [2.75, 3.05) is 43.9 Å². The Bertz CT molecular complexity index is 1610. The van der Waals surface area contributed by atoms with E-state index < -0.39 is 24.2 Å². The highest BCUT2D eigenvalue weighted by molar-refractivity contribution is 6.10. The summed E-state index contributed by atoms with van der Waals surface area (Å²) >= 11 is 0. The number of hydrogen-bond acceptors (Lipinski definition) is 5. The Kier molecular flexibility index (Phi) is 9.86. The summed E-state index contributed by atoms with van der Waals surface area (Å²) in [6.45, 7) is 4.51. The van der Waals surface area contributed by atoms with Crippen molar-refractivity contribution in [3.8, 4) is 5.75 Å². The molecule has 2 heterocycles. The summed E-state index contributed by atoms with van der Waals surface area (Å²) in [6, 6.07) is 20.1. The van der Waals surface area contributed by atoms with Crippen molar-refractivity contribution in [1.82, 2.24) is 9.80 Å². The monoisotopic (exact) mass is 630 g/mol. The van der Waals surface area contributed by atoms with E-state index in [-0.39, 0.29) is 35.3 Å². The molecule has 3 aromatic carbocycles. The highest BCUT2D eigenvalue weighted by Gasteiger charge is 2.42. The number of benzene rings is 3. The van der Waals surface area contributed by atoms with Crippen LogP contribution in [0.3, 0.4) is 0 Å². The average molecular weight is 631 g/mol. The first-order valence-corrected chi connectivity index (χ1v) is 15.6. The molecule has 1 N–H and O–H groups in total. The van der Waals surface area contributed by atoms with Crippen LogP contribution in [0.1, 0.15) is 59.4 Å². The lowest BCUT2D eigenvalue weighted by atomic mass is 9.96. The number of hydrogen-bond donors (Lipinski definition) is 1. The van der Waals surface area contributed by atoms with Gasteiger partial charge in [-0.05, 0) is 83.2 Å². The van der Waals surface area contributed by atoms with Gasteiger partial charge in [-0.3, -0.25) is 14.4 Å². The van der Waals surface area contributed by atoms with E-state index in [0.29, 0.717) is 41.8 Å². The zero-order chi connectivity index (χ0) is 33.0. The zero-order valence-electron chi connectivity index (χ0n) is 26.6. The number of carbonyl (C=O) groups is 3. The minimum atomic E-state index is -3.33. The standard InChI is InChI=1S/C36H40F2N4O4/c1-24(2)46-32-12-8-6-10-29(32)34(44)39-26-15-13-25(14-16-26)35(45)42-22-19-36(37,38)30(28-9-5-7-11-31(28)42)23-33(43)41-20-17-27(18-21-41)40(3)4/h5-16,23-24,27H,17-22H2,1-4H3,(H,39,44)/b30-23-. The van der Waals surface area contributed by atoms with Gasteiger partial charge in [0.05, 0.1) is 17.4 Å². The highest BCUT2D eigenvalue weighted by Crippen LogP contribution is 2.43. The van der Waals surface area contributed by atoms with Gasteiger partial charge < -0.3 is 24.8 Å². The number of ether oxygens (including phenoxy) is 1. The van der Waals surface area contributed by atoms with Crippen LogP contribution in [0, 0.1) is 0 Å². The highest BCUT2D eigenvalue weighted by atomic mass is 19.3. The molecule has 2 aliphatic rings. The minimum absolute atomic E-state index is 0.110. The van der Waals surface area contributed by atoms with E-state index in [4.69, 9.17) is 4.74 Å². The average Bonchev–Trinajstić information content (AvgIpc) is 3.14. The molecule has 1 fully saturated rings. The summed E-state index contributed by atoms with van der Waals surface area (Å²) in [6.07, 6.45) is 1.87. The van der Waals surface area contributed by atoms with Crippen LogP contribution in [0.25, 0.3) is 5.57 Å². The van der Waals surface area contributed by atoms with E-state index in [2.05, 4.69) is 10.2 Å². The fourth-order valence-electron chi connectivity index (χ4n) is 5.91. The number of piperidine rings is 1. The minimum Gasteiger partial charge on any atom is -0.490 e. The Hall–Kier alpha value is -4.57. The molecule has 0 aliphatic carbocycles. The van der Waals surface area contributed by atoms with Gasteiger partial charge in [0.15, 0.2) is 0 Å². The smallest absolute Gasteiger partial charge is 0.275 e. The van der Waals surface area contributed by atoms with Crippen molar-refractivity contribution in [3.05, 3.63) is 95.6 Å². The van der Waals surface area contributed by atoms with Crippen LogP contribution in [0.5, 0.6) is 5.75 Å². The van der Waals surface area contributed by atoms with Crippen molar-refractivity contribution in [2.45, 2.75) is 51.2 Å². The molecule has 46 heavy (non-hydrogen) atoms. The molecular weight excluding hydrogens is 590 g/mol. The van der Waals surface area contributed by atoms with Gasteiger partial charge in [0, 0.05) is 60.6 Å². The third kappa shape index (κ3) is 7.28. The largest absolute Gasteiger partial charge is 0.490 e. The fraction of sp³-hybridized carbons (Fsp3) is 0.361. The number of likely N-dealkylation sites (tertiary alicyclic amines) is 1. The lowest BCUT2D eigenvalue weighted by molar-refractivity contribution is -0.127. The topological polar surface area (TPSA) is 82.2 Å². The molecule has 0 atom stereocenters. The van der Waals surface area contributed by atoms with Crippen molar-refractivity contribution in [2.24, 2.45) is 0 Å². The molecule has 3 amide bonds. The molecule has 0 radical (unpaired) electrons. The molecule has 2 aliphatic heterocycles. The lowest BCUT2D eigenvalue weighted by Crippen LogP contribution is -2.44. The summed E-state index contributed by atoms with van der Waals surface area (Å²) in [5.41, 5.74) is 1.20. The number of carbonyl (C=O) groups excluding carboxylic acids is 3. The molecule has 8 nitrogen and oxygen atoms in total. The molecule has 5 rings (SSSR count). The van der Waals surface area contributed by atoms with Crippen LogP contribution in [0.2, 0.25) is 0 Å². The second kappa shape index (κ2) is 13.8. The van der Waals surface area contributed by atoms with Crippen molar-refractivity contribution in [3.63, 3.8) is 0 Å². The maximum atomic E-state index is 15.7. The third-order valence-electron chi connectivity index (χ3n) is 8.43. The summed E-state index contributed by atoms with van der Waals surface area (Å²) in [5.74, 6) is -4.14. The van der Waals surface area contributed by atoms with Gasteiger partial charge in [-0.1, -0.05) is 30.3 Å². The number of amides is 3. The molecular formula is C36H40F2N4O4. The number of fused-ring (bicyclic) bond motifs is 1. The number of alkyl halides is 2. The number of allylic oxidation sites excluding steroid dienone is 1. The van der Waals surface area contributed by atoms with Crippen LogP contribution in [-0.2, 0) is 4.79 Å². The van der Waals surface area contributed by atoms with E-state index in [1.165, 1.54) is 11.0 Å². The summed E-state index contributed by atoms with van der Waals surface area (Å²) in [4.78, 5) is 45.1. The summed E-state index contributed by atoms with van der Waals surface area (Å²) in [5, 5.41) is 2.82. The molecule has 10 heteroatoms. The summed E-state index contributed by atoms with van der Waals surface area (Å²) < 4.78 is 37.2. The Morgan fingerprint density at radius 1 is 0.935 bits per heavy atom. The quantitative estimate of drug-likeness (QED) is 0.308. The Morgan fingerprint density at radius 3 is 2.26 bits per heavy atom. The van der Waals surface area contributed by atoms with Gasteiger partial charge in [-0.15, -0.1) is 0 Å². The number of halogens is 2. The van der Waals surface area contributed by atoms with E-state index in [1.54, 1.807) is 71.6 Å². The number of rotatable bonds is 7. The molecule has 0 spiro atoms. The molecule has 0 saturated carbocycles. The maximum absolute atomic E-state index is 15.7. The van der Waals surface area contributed by atoms with Crippen LogP contribution < -0.4 is 15.0 Å². The van der Waals surface area contributed by atoms with Gasteiger partial charge in [-0.2, -0.15) is 0 Å². The lowest BCUT2D eigenvalue weighted by Gasteiger charge is -2.35. The van der Waals surface area contributed by atoms with Crippen molar-refractivity contribution < 1.29 is 27.9 Å². The predicted octanol–water partition coefficient (Wildman–Crippen LogP) is 6.35. The number of para-hydroxylation sites is 2. The summed E-state index contributed by atoms with van der Waals surface area (Å²) in [7, 11) is 3.99. The Morgan fingerprint density at radius 2 is 1.59 bits per heavy atom. The van der Waals surface area contributed by atoms with Gasteiger partial charge in [0.2, 0.25) is 5.91 Å². The van der Waals surface area contributed by atoms with Gasteiger partial charge in [0.25, 0.3) is 17.7 Å². The van der Waals surface area contributed by atoms with Crippen LogP contribution >= 0.6 is 0 Å². The van der Waals surface area contributed by atoms with Crippen molar-refractivity contribution >= 4 is 34.7 Å². The van der Waals surface area contributed by atoms with E-state index in [9.17, 15) is 14.4 Å². The first-order valence-electron chi connectivity index (χ1n) is 15.6. The van der Waals surface area contributed by atoms with Gasteiger partial charge in [-0.25, -0.2) is 8.78 Å². The number of nitrogens with zero attached hydrogens (tertiary/aromatic N) is 3. The molecule has 242 valence electrons. The molecule has 3 aromatic rings. The molecule has 0 unspecified atom stereocenters. The molecule has 0 bridgehead atoms. The van der Waals surface area contributed by atoms with E-state index in [1.807, 2.05) is 27.9 Å². The number of anilines is 2. The van der Waals surface area contributed by atoms with Gasteiger partial charge in [0.1, 0.15) is 5.75 Å². The van der Waals surface area contributed by atoms with E-state index >= 15 is 8.78 Å². The maximum Gasteiger partial charge on any atom is 0.275 e. The second-order valence-corrected chi connectivity index (χ2v) is 12.2. The van der Waals surface area contributed by atoms with E-state index in [0.717, 1.165) is 18.9 Å². The normalized spacial score (nSPS) is 17.5. The van der Waals surface area contributed by atoms with Crippen molar-refractivity contribution in [1.29, 1.82) is 0 Å². The second-order valence-electron chi connectivity index (χ2n) is 12.2. The van der Waals surface area contributed by atoms with Crippen LogP contribution in [0.4, 0.5) is 20.2 Å². The Labute approximate surface area is 268 Å². The first-order chi connectivity index (χ1) is 21.9. The Balaban J connectivity index is 1.35. The SMILES string of the molecule is CC(C)Oc1ccccc1C(=O)Nc1ccc(C(=O)N2CCC(F)(F)/C(=C\C(=O)N3CCC(N(C)C)CC3)c3ccccc32)cc1. The fourth-order valence-corrected chi connectivity index (χ4v) is 5.91. The molecule has 1 saturated heterocycles. The predicted molar refractivity (Wildman–Crippen MR) is 176 cm³/mol. The molecule has 0 aromatic heterocycles. The van der Waals surface area contributed by atoms with Crippen LogP contribution in [0.15, 0.2) is 78.9 Å².